The van der Waals surface area contributed by atoms with Crippen LogP contribution in [-0.2, 0) is 4.79 Å². The lowest BCUT2D eigenvalue weighted by Gasteiger charge is -2.41. The molecule has 0 radical (unpaired) electrons. The van der Waals surface area contributed by atoms with Crippen LogP contribution in [0.15, 0.2) is 0 Å². The van der Waals surface area contributed by atoms with Crippen molar-refractivity contribution in [2.75, 3.05) is 20.1 Å². The highest BCUT2D eigenvalue weighted by molar-refractivity contribution is 5.75. The molecule has 82 valence electrons. The van der Waals surface area contributed by atoms with Crippen LogP contribution in [0.1, 0.15) is 18.8 Å². The maximum atomic E-state index is 13.1. The zero-order valence-electron chi connectivity index (χ0n) is 11.8. The van der Waals surface area contributed by atoms with Crippen molar-refractivity contribution in [2.24, 2.45) is 11.3 Å². The zero-order chi connectivity index (χ0) is 14.4. The fourth-order valence-corrected chi connectivity index (χ4v) is 1.76. The molecule has 0 spiro atoms. The van der Waals surface area contributed by atoms with E-state index in [1.54, 1.807) is 0 Å². The van der Waals surface area contributed by atoms with Gasteiger partial charge < -0.3 is 10.0 Å². The molecule has 0 aromatic rings. The van der Waals surface area contributed by atoms with Crippen molar-refractivity contribution in [1.29, 1.82) is 0 Å². The van der Waals surface area contributed by atoms with Crippen LogP contribution < -0.4 is 0 Å². The fourth-order valence-electron chi connectivity index (χ4n) is 1.76. The third kappa shape index (κ3) is 1.87. The van der Waals surface area contributed by atoms with E-state index in [1.165, 1.54) is 0 Å². The lowest BCUT2D eigenvalue weighted by Crippen LogP contribution is -2.52. The van der Waals surface area contributed by atoms with Gasteiger partial charge in [-0.1, -0.05) is 0 Å². The first-order chi connectivity index (χ1) is 7.89. The summed E-state index contributed by atoms with van der Waals surface area (Å²) in [6.07, 6.45) is -4.23. The van der Waals surface area contributed by atoms with Crippen molar-refractivity contribution in [3.8, 4) is 0 Å². The highest BCUT2D eigenvalue weighted by Gasteiger charge is 2.48. The van der Waals surface area contributed by atoms with E-state index in [0.717, 1.165) is 11.8 Å². The normalized spacial score (nSPS) is 40.6. The Morgan fingerprint density at radius 2 is 2.50 bits per heavy atom. The summed E-state index contributed by atoms with van der Waals surface area (Å²) in [5, 5.41) is 9.09. The summed E-state index contributed by atoms with van der Waals surface area (Å²) in [6, 6.07) is 0. The molecule has 2 atom stereocenters. The molecule has 0 saturated carbocycles. The summed E-state index contributed by atoms with van der Waals surface area (Å²) in [5.74, 6) is -3.20. The third-order valence-electron chi connectivity index (χ3n) is 2.73. The Morgan fingerprint density at radius 1 is 1.86 bits per heavy atom. The summed E-state index contributed by atoms with van der Waals surface area (Å²) in [5.41, 5.74) is -1.95. The summed E-state index contributed by atoms with van der Waals surface area (Å²) >= 11 is 0. The highest BCUT2D eigenvalue weighted by atomic mass is 19.3. The minimum atomic E-state index is -3.89. The van der Waals surface area contributed by atoms with Gasteiger partial charge in [-0.05, 0) is 26.9 Å². The molecule has 1 N–H and O–H groups in total. The first-order valence-corrected chi connectivity index (χ1v) is 4.25. The van der Waals surface area contributed by atoms with Gasteiger partial charge in [-0.2, -0.15) is 0 Å². The second kappa shape index (κ2) is 3.81. The van der Waals surface area contributed by atoms with Gasteiger partial charge >= 0.3 is 5.97 Å². The summed E-state index contributed by atoms with van der Waals surface area (Å²) < 4.78 is 54.6. The lowest BCUT2D eigenvalue weighted by molar-refractivity contribution is -0.161. The molecule has 5 heteroatoms. The van der Waals surface area contributed by atoms with E-state index >= 15 is 0 Å². The Hall–Kier alpha value is -0.710. The van der Waals surface area contributed by atoms with Crippen LogP contribution in [0.4, 0.5) is 8.78 Å². The number of halogens is 2. The number of rotatable bonds is 2. The standard InChI is InChI=1S/C9H15F2NO2/c1-9(8(13)14)5-12(2)4-3-6(9)7(10)11/h6-7H,3-5H2,1-2H3,(H,13,14)/t6-,9-/m1/s1/i2D3,7D. The number of likely N-dealkylation sites (tertiary alicyclic amines) is 1. The van der Waals surface area contributed by atoms with Crippen LogP contribution in [0.25, 0.3) is 0 Å². The summed E-state index contributed by atoms with van der Waals surface area (Å²) in [6.45, 7) is -2.13. The molecule has 1 rings (SSSR count). The Labute approximate surface area is 87.3 Å². The van der Waals surface area contributed by atoms with Gasteiger partial charge in [-0.3, -0.25) is 4.79 Å². The fraction of sp³-hybridized carbons (Fsp3) is 0.889. The molecule has 0 amide bonds. The maximum Gasteiger partial charge on any atom is 0.311 e. The van der Waals surface area contributed by atoms with Crippen LogP contribution in [0, 0.1) is 11.3 Å². The lowest BCUT2D eigenvalue weighted by atomic mass is 9.72. The Kier molecular flexibility index (Phi) is 1.83. The van der Waals surface area contributed by atoms with Crippen molar-refractivity contribution < 1.29 is 24.2 Å². The van der Waals surface area contributed by atoms with Gasteiger partial charge in [0.25, 0.3) is 0 Å². The maximum absolute atomic E-state index is 13.1. The molecule has 3 nitrogen and oxygen atoms in total. The average Bonchev–Trinajstić information content (AvgIpc) is 2.13. The Morgan fingerprint density at radius 3 is 2.93 bits per heavy atom. The average molecular weight is 211 g/mol. The molecule has 0 unspecified atom stereocenters. The SMILES string of the molecule is [2H]C(F)(F)[C@H]1CCN(C([2H])([2H])[2H])C[C@@]1(C)C(=O)O. The molecule has 1 aliphatic heterocycles. The van der Waals surface area contributed by atoms with Gasteiger partial charge in [0.2, 0.25) is 6.40 Å². The number of carboxylic acids is 1. The van der Waals surface area contributed by atoms with Gasteiger partial charge in [-0.15, -0.1) is 0 Å². The molecule has 14 heavy (non-hydrogen) atoms. The van der Waals surface area contributed by atoms with Crippen molar-refractivity contribution in [2.45, 2.75) is 19.7 Å². The van der Waals surface area contributed by atoms with E-state index in [-0.39, 0.29) is 13.0 Å². The van der Waals surface area contributed by atoms with Gasteiger partial charge in [-0.25, -0.2) is 8.78 Å². The quantitative estimate of drug-likeness (QED) is 0.748. The molecular formula is C9H15F2NO2. The number of nitrogens with zero attached hydrogens (tertiary/aromatic N) is 1. The molecule has 1 aliphatic rings. The van der Waals surface area contributed by atoms with Gasteiger partial charge in [0, 0.05) is 16.6 Å². The second-order valence-electron chi connectivity index (χ2n) is 3.78. The molecule has 1 heterocycles. The minimum absolute atomic E-state index is 0.168. The number of hydrogen-bond donors (Lipinski definition) is 1. The molecule has 0 aliphatic carbocycles. The number of aliphatic carboxylic acids is 1. The van der Waals surface area contributed by atoms with Crippen LogP contribution >= 0.6 is 0 Å². The van der Waals surface area contributed by atoms with Gasteiger partial charge in [0.15, 0.2) is 0 Å². The zero-order valence-corrected chi connectivity index (χ0v) is 7.76. The topological polar surface area (TPSA) is 40.5 Å². The predicted molar refractivity (Wildman–Crippen MR) is 47.4 cm³/mol. The number of carboxylic acid groups (broad SMARTS) is 1. The first kappa shape index (κ1) is 6.71. The van der Waals surface area contributed by atoms with Gasteiger partial charge in [0.05, 0.1) is 5.41 Å². The minimum Gasteiger partial charge on any atom is -0.481 e. The van der Waals surface area contributed by atoms with Crippen LogP contribution in [-0.4, -0.2) is 42.4 Å². The Balaban J connectivity index is 3.06. The van der Waals surface area contributed by atoms with Gasteiger partial charge in [0.1, 0.15) is 1.37 Å². The number of carbonyl (C=O) groups is 1. The van der Waals surface area contributed by atoms with Crippen molar-refractivity contribution in [3.63, 3.8) is 0 Å². The van der Waals surface area contributed by atoms with Crippen molar-refractivity contribution in [1.82, 2.24) is 4.90 Å². The largest absolute Gasteiger partial charge is 0.481 e. The monoisotopic (exact) mass is 211 g/mol. The highest BCUT2D eigenvalue weighted by Crippen LogP contribution is 2.38. The van der Waals surface area contributed by atoms with E-state index in [1.807, 2.05) is 0 Å². The first-order valence-electron chi connectivity index (χ1n) is 6.25. The van der Waals surface area contributed by atoms with Crippen LogP contribution in [0.5, 0.6) is 0 Å². The molecule has 0 aromatic carbocycles. The van der Waals surface area contributed by atoms with E-state index in [4.69, 9.17) is 10.6 Å². The molecule has 0 aromatic heterocycles. The van der Waals surface area contributed by atoms with Crippen molar-refractivity contribution >= 4 is 5.97 Å². The van der Waals surface area contributed by atoms with Crippen LogP contribution in [0.3, 0.4) is 0 Å². The van der Waals surface area contributed by atoms with Crippen LogP contribution in [0.2, 0.25) is 0 Å². The predicted octanol–water partition coefficient (Wildman–Crippen LogP) is 1.29. The van der Waals surface area contributed by atoms with E-state index in [9.17, 15) is 13.6 Å². The number of hydrogen-bond acceptors (Lipinski definition) is 2. The van der Waals surface area contributed by atoms with E-state index < -0.39 is 37.2 Å². The molecular weight excluding hydrogens is 192 g/mol. The number of piperidine rings is 1. The third-order valence-corrected chi connectivity index (χ3v) is 2.73. The smallest absolute Gasteiger partial charge is 0.311 e. The molecule has 1 saturated heterocycles. The van der Waals surface area contributed by atoms with E-state index in [0.29, 0.717) is 0 Å². The Bertz CT molecular complexity index is 344. The van der Waals surface area contributed by atoms with E-state index in [2.05, 4.69) is 0 Å². The van der Waals surface area contributed by atoms with Crippen molar-refractivity contribution in [3.05, 3.63) is 0 Å². The summed E-state index contributed by atoms with van der Waals surface area (Å²) in [7, 11) is 0. The summed E-state index contributed by atoms with van der Waals surface area (Å²) in [4.78, 5) is 12.1. The second-order valence-corrected chi connectivity index (χ2v) is 3.78. The number of alkyl halides is 2. The molecule has 0 bridgehead atoms. The molecule has 1 fully saturated rings.